The van der Waals surface area contributed by atoms with Crippen molar-refractivity contribution in [3.05, 3.63) is 96.6 Å². The van der Waals surface area contributed by atoms with Crippen LogP contribution in [0, 0.1) is 5.92 Å². The third-order valence-corrected chi connectivity index (χ3v) is 6.10. The van der Waals surface area contributed by atoms with Crippen molar-refractivity contribution in [2.45, 2.75) is 20.4 Å². The zero-order valence-corrected chi connectivity index (χ0v) is 21.8. The van der Waals surface area contributed by atoms with Gasteiger partial charge in [-0.05, 0) is 40.1 Å². The van der Waals surface area contributed by atoms with Gasteiger partial charge in [-0.25, -0.2) is 10.1 Å². The Morgan fingerprint density at radius 3 is 2.39 bits per heavy atom. The Kier molecular flexibility index (Phi) is 7.59. The predicted octanol–water partition coefficient (Wildman–Crippen LogP) is 6.34. The van der Waals surface area contributed by atoms with Crippen LogP contribution in [0.2, 0.25) is 0 Å². The maximum Gasteiger partial charge on any atom is 0.180 e. The van der Waals surface area contributed by atoms with Crippen molar-refractivity contribution < 1.29 is 4.74 Å². The van der Waals surface area contributed by atoms with Crippen molar-refractivity contribution in [2.75, 3.05) is 23.9 Å². The van der Waals surface area contributed by atoms with Crippen molar-refractivity contribution >= 4 is 17.2 Å². The van der Waals surface area contributed by atoms with Gasteiger partial charge < -0.3 is 15.0 Å². The standard InChI is InChI=1S/C30H31N7O/c1-21(2)19-37(20-22-10-5-4-6-11-22)29-18-24(31-23-12-9-13-25(16-23)38-3)17-28(32-29)26-14-7-8-15-27(26)30-33-35-36-34-30/h4-18,21H,19-20H2,1-3H3,(H,31,32)(H,33,34,35,36). The van der Waals surface area contributed by atoms with Crippen molar-refractivity contribution in [1.29, 1.82) is 0 Å². The molecule has 8 nitrogen and oxygen atoms in total. The highest BCUT2D eigenvalue weighted by Gasteiger charge is 2.17. The largest absolute Gasteiger partial charge is 0.497 e. The first-order valence-electron chi connectivity index (χ1n) is 12.6. The third-order valence-electron chi connectivity index (χ3n) is 6.10. The van der Waals surface area contributed by atoms with E-state index in [0.717, 1.165) is 52.9 Å². The van der Waals surface area contributed by atoms with Gasteiger partial charge in [0.1, 0.15) is 11.6 Å². The normalized spacial score (nSPS) is 10.9. The molecule has 5 rings (SSSR count). The van der Waals surface area contributed by atoms with Gasteiger partial charge in [0.25, 0.3) is 0 Å². The van der Waals surface area contributed by atoms with Crippen LogP contribution in [0.25, 0.3) is 22.6 Å². The first-order chi connectivity index (χ1) is 18.6. The fourth-order valence-corrected chi connectivity index (χ4v) is 4.43. The number of anilines is 3. The molecule has 3 aromatic carbocycles. The minimum Gasteiger partial charge on any atom is -0.497 e. The maximum atomic E-state index is 5.43. The average molecular weight is 506 g/mol. The molecule has 38 heavy (non-hydrogen) atoms. The number of pyridine rings is 1. The molecule has 2 N–H and O–H groups in total. The number of ether oxygens (including phenoxy) is 1. The first-order valence-corrected chi connectivity index (χ1v) is 12.6. The number of rotatable bonds is 10. The summed E-state index contributed by atoms with van der Waals surface area (Å²) in [5, 5.41) is 18.1. The SMILES string of the molecule is COc1cccc(Nc2cc(-c3ccccc3-c3nnn[nH]3)nc(N(Cc3ccccc3)CC(C)C)c2)c1. The molecule has 0 radical (unpaired) electrons. The van der Waals surface area contributed by atoms with Crippen LogP contribution in [-0.2, 0) is 6.54 Å². The lowest BCUT2D eigenvalue weighted by molar-refractivity contribution is 0.415. The molecule has 0 spiro atoms. The fraction of sp³-hybridized carbons (Fsp3) is 0.200. The van der Waals surface area contributed by atoms with Gasteiger partial charge in [-0.15, -0.1) is 5.10 Å². The Labute approximate surface area is 222 Å². The van der Waals surface area contributed by atoms with Crippen LogP contribution in [-0.4, -0.2) is 39.3 Å². The maximum absolute atomic E-state index is 5.43. The quantitative estimate of drug-likeness (QED) is 0.229. The number of hydrogen-bond acceptors (Lipinski definition) is 7. The second kappa shape index (κ2) is 11.6. The van der Waals surface area contributed by atoms with Crippen LogP contribution in [0.4, 0.5) is 17.2 Å². The highest BCUT2D eigenvalue weighted by Crippen LogP contribution is 2.34. The Bertz CT molecular complexity index is 1470. The van der Waals surface area contributed by atoms with E-state index in [1.807, 2.05) is 54.6 Å². The Hall–Kier alpha value is -4.72. The second-order valence-corrected chi connectivity index (χ2v) is 9.51. The van der Waals surface area contributed by atoms with Crippen molar-refractivity contribution in [3.63, 3.8) is 0 Å². The van der Waals surface area contributed by atoms with E-state index in [9.17, 15) is 0 Å². The summed E-state index contributed by atoms with van der Waals surface area (Å²) in [6.45, 7) is 6.06. The van der Waals surface area contributed by atoms with Gasteiger partial charge in [0.15, 0.2) is 5.82 Å². The molecule has 0 unspecified atom stereocenters. The van der Waals surface area contributed by atoms with Gasteiger partial charge in [-0.1, -0.05) is 74.5 Å². The number of tetrazole rings is 1. The number of benzene rings is 3. The van der Waals surface area contributed by atoms with Gasteiger partial charge in [-0.3, -0.25) is 0 Å². The second-order valence-electron chi connectivity index (χ2n) is 9.51. The Morgan fingerprint density at radius 2 is 1.66 bits per heavy atom. The minimum absolute atomic E-state index is 0.450. The molecular formula is C30H31N7O. The van der Waals surface area contributed by atoms with Crippen LogP contribution in [0.3, 0.4) is 0 Å². The highest BCUT2D eigenvalue weighted by atomic mass is 16.5. The smallest absolute Gasteiger partial charge is 0.180 e. The van der Waals surface area contributed by atoms with E-state index in [4.69, 9.17) is 9.72 Å². The monoisotopic (exact) mass is 505 g/mol. The van der Waals surface area contributed by atoms with Crippen LogP contribution in [0.1, 0.15) is 19.4 Å². The van der Waals surface area contributed by atoms with Gasteiger partial charge in [0, 0.05) is 47.7 Å². The summed E-state index contributed by atoms with van der Waals surface area (Å²) in [4.78, 5) is 7.51. The Balaban J connectivity index is 1.62. The summed E-state index contributed by atoms with van der Waals surface area (Å²) >= 11 is 0. The lowest BCUT2D eigenvalue weighted by Gasteiger charge is -2.27. The molecule has 192 valence electrons. The highest BCUT2D eigenvalue weighted by molar-refractivity contribution is 5.81. The number of hydrogen-bond donors (Lipinski definition) is 2. The molecule has 8 heteroatoms. The van der Waals surface area contributed by atoms with Crippen molar-refractivity contribution in [2.24, 2.45) is 5.92 Å². The number of H-pyrrole nitrogens is 1. The van der Waals surface area contributed by atoms with Crippen molar-refractivity contribution in [1.82, 2.24) is 25.6 Å². The lowest BCUT2D eigenvalue weighted by Crippen LogP contribution is -2.28. The molecule has 0 atom stereocenters. The number of aromatic nitrogens is 5. The zero-order chi connectivity index (χ0) is 26.3. The molecule has 0 bridgehead atoms. The molecular weight excluding hydrogens is 474 g/mol. The molecule has 0 aliphatic rings. The van der Waals surface area contributed by atoms with Crippen LogP contribution >= 0.6 is 0 Å². The van der Waals surface area contributed by atoms with Gasteiger partial charge >= 0.3 is 0 Å². The van der Waals surface area contributed by atoms with Crippen molar-refractivity contribution in [3.8, 4) is 28.4 Å². The molecule has 0 saturated carbocycles. The van der Waals surface area contributed by atoms with E-state index in [1.165, 1.54) is 5.56 Å². The van der Waals surface area contributed by atoms with E-state index in [2.05, 4.69) is 81.1 Å². The molecule has 5 aromatic rings. The lowest BCUT2D eigenvalue weighted by atomic mass is 10.0. The topological polar surface area (TPSA) is 91.8 Å². The fourth-order valence-electron chi connectivity index (χ4n) is 4.43. The summed E-state index contributed by atoms with van der Waals surface area (Å²) in [5.74, 6) is 2.72. The van der Waals surface area contributed by atoms with E-state index in [-0.39, 0.29) is 0 Å². The van der Waals surface area contributed by atoms with Crippen LogP contribution < -0.4 is 15.0 Å². The average Bonchev–Trinajstić information content (AvgIpc) is 3.48. The zero-order valence-electron chi connectivity index (χ0n) is 21.8. The number of nitrogens with zero attached hydrogens (tertiary/aromatic N) is 5. The molecule has 2 aromatic heterocycles. The summed E-state index contributed by atoms with van der Waals surface area (Å²) in [5.41, 5.74) is 5.72. The molecule has 0 amide bonds. The molecule has 2 heterocycles. The third kappa shape index (κ3) is 5.98. The van der Waals surface area contributed by atoms with Crippen LogP contribution in [0.15, 0.2) is 91.0 Å². The molecule has 0 aliphatic carbocycles. The van der Waals surface area contributed by atoms with E-state index < -0.39 is 0 Å². The summed E-state index contributed by atoms with van der Waals surface area (Å²) in [7, 11) is 1.67. The van der Waals surface area contributed by atoms with E-state index >= 15 is 0 Å². The molecule has 0 fully saturated rings. The predicted molar refractivity (Wildman–Crippen MR) is 151 cm³/mol. The first kappa shape index (κ1) is 25.0. The Morgan fingerprint density at radius 1 is 0.868 bits per heavy atom. The number of aromatic amines is 1. The minimum atomic E-state index is 0.450. The van der Waals surface area contributed by atoms with Crippen LogP contribution in [0.5, 0.6) is 5.75 Å². The summed E-state index contributed by atoms with van der Waals surface area (Å²) < 4.78 is 5.43. The number of methoxy groups -OCH3 is 1. The molecule has 0 aliphatic heterocycles. The van der Waals surface area contributed by atoms with Gasteiger partial charge in [-0.2, -0.15) is 0 Å². The summed E-state index contributed by atoms with van der Waals surface area (Å²) in [6, 6.07) is 30.6. The van der Waals surface area contributed by atoms with Gasteiger partial charge in [0.2, 0.25) is 0 Å². The van der Waals surface area contributed by atoms with Gasteiger partial charge in [0.05, 0.1) is 12.8 Å². The number of nitrogens with one attached hydrogen (secondary N) is 2. The van der Waals surface area contributed by atoms with E-state index in [0.29, 0.717) is 11.7 Å². The van der Waals surface area contributed by atoms with E-state index in [1.54, 1.807) is 7.11 Å². The summed E-state index contributed by atoms with van der Waals surface area (Å²) in [6.07, 6.45) is 0. The molecule has 0 saturated heterocycles.